The molecule has 1 heterocycles. The molecule has 0 aliphatic carbocycles. The molecule has 0 spiro atoms. The molecule has 0 saturated carbocycles. The van der Waals surface area contributed by atoms with Gasteiger partial charge < -0.3 is 15.5 Å². The average molecular weight is 490 g/mol. The lowest BCUT2D eigenvalue weighted by Crippen LogP contribution is -2.39. The standard InChI is InChI=1S/C18H23FN4OS.HI/c1-23(2)17(24)13-22-18(21-12-16-7-4-10-25-16)20-9-8-14-5-3-6-15(19)11-14;/h3-7,10-11H,8-9,12-13H2,1-2H3,(H2,20,21,22);1H. The molecule has 0 fully saturated rings. The Morgan fingerprint density at radius 2 is 2.04 bits per heavy atom. The largest absolute Gasteiger partial charge is 0.356 e. The zero-order valence-corrected chi connectivity index (χ0v) is 18.0. The molecule has 1 aromatic heterocycles. The summed E-state index contributed by atoms with van der Waals surface area (Å²) in [6.45, 7) is 1.31. The molecular formula is C18H24FIN4OS. The molecule has 1 amide bonds. The summed E-state index contributed by atoms with van der Waals surface area (Å²) in [5.41, 5.74) is 0.912. The smallest absolute Gasteiger partial charge is 0.243 e. The average Bonchev–Trinajstić information content (AvgIpc) is 3.10. The van der Waals surface area contributed by atoms with Crippen molar-refractivity contribution in [2.45, 2.75) is 13.0 Å². The lowest BCUT2D eigenvalue weighted by molar-refractivity contribution is -0.127. The van der Waals surface area contributed by atoms with Crippen LogP contribution in [0.4, 0.5) is 4.39 Å². The Labute approximate surface area is 174 Å². The van der Waals surface area contributed by atoms with Crippen LogP contribution in [-0.2, 0) is 17.8 Å². The van der Waals surface area contributed by atoms with E-state index in [1.807, 2.05) is 23.6 Å². The van der Waals surface area contributed by atoms with Crippen molar-refractivity contribution in [3.63, 3.8) is 0 Å². The molecule has 0 bridgehead atoms. The van der Waals surface area contributed by atoms with Gasteiger partial charge in [0.05, 0.1) is 6.54 Å². The number of carbonyl (C=O) groups is 1. The summed E-state index contributed by atoms with van der Waals surface area (Å²) >= 11 is 1.65. The van der Waals surface area contributed by atoms with Gasteiger partial charge in [-0.2, -0.15) is 0 Å². The third-order valence-corrected chi connectivity index (χ3v) is 4.35. The first kappa shape index (κ1) is 22.4. The summed E-state index contributed by atoms with van der Waals surface area (Å²) in [6, 6.07) is 10.6. The van der Waals surface area contributed by atoms with E-state index in [4.69, 9.17) is 0 Å². The minimum Gasteiger partial charge on any atom is -0.356 e. The van der Waals surface area contributed by atoms with Crippen LogP contribution in [0.2, 0.25) is 0 Å². The van der Waals surface area contributed by atoms with Crippen molar-refractivity contribution in [3.8, 4) is 0 Å². The van der Waals surface area contributed by atoms with E-state index in [1.165, 1.54) is 21.9 Å². The maximum absolute atomic E-state index is 13.2. The number of rotatable bonds is 7. The second kappa shape index (κ2) is 11.8. The lowest BCUT2D eigenvalue weighted by atomic mass is 10.1. The second-order valence-electron chi connectivity index (χ2n) is 5.69. The van der Waals surface area contributed by atoms with Gasteiger partial charge >= 0.3 is 0 Å². The number of amides is 1. The van der Waals surface area contributed by atoms with Crippen molar-refractivity contribution in [2.24, 2.45) is 4.99 Å². The van der Waals surface area contributed by atoms with E-state index < -0.39 is 0 Å². The molecule has 8 heteroatoms. The van der Waals surface area contributed by atoms with Gasteiger partial charge in [0.2, 0.25) is 5.91 Å². The molecule has 5 nitrogen and oxygen atoms in total. The number of nitrogens with zero attached hydrogens (tertiary/aromatic N) is 2. The molecule has 0 saturated heterocycles. The fourth-order valence-corrected chi connectivity index (χ4v) is 2.71. The number of thiophene rings is 1. The number of carbonyl (C=O) groups excluding carboxylic acids is 1. The number of aliphatic imine (C=N–C) groups is 1. The Balaban J connectivity index is 0.00000338. The molecule has 0 unspecified atom stereocenters. The maximum Gasteiger partial charge on any atom is 0.243 e. The van der Waals surface area contributed by atoms with Crippen molar-refractivity contribution in [1.82, 2.24) is 15.5 Å². The van der Waals surface area contributed by atoms with Crippen LogP contribution >= 0.6 is 35.3 Å². The Bertz CT molecular complexity index is 707. The van der Waals surface area contributed by atoms with Gasteiger partial charge in [-0.05, 0) is 35.6 Å². The zero-order valence-electron chi connectivity index (χ0n) is 14.9. The van der Waals surface area contributed by atoms with Gasteiger partial charge in [-0.15, -0.1) is 35.3 Å². The third-order valence-electron chi connectivity index (χ3n) is 3.48. The number of hydrogen-bond acceptors (Lipinski definition) is 3. The van der Waals surface area contributed by atoms with Gasteiger partial charge in [0.1, 0.15) is 12.4 Å². The van der Waals surface area contributed by atoms with Gasteiger partial charge in [-0.3, -0.25) is 4.79 Å². The van der Waals surface area contributed by atoms with E-state index in [1.54, 1.807) is 31.5 Å². The normalized spacial score (nSPS) is 10.8. The van der Waals surface area contributed by atoms with Crippen LogP contribution in [0, 0.1) is 5.82 Å². The lowest BCUT2D eigenvalue weighted by Gasteiger charge is -2.13. The van der Waals surface area contributed by atoms with E-state index in [-0.39, 0.29) is 42.2 Å². The van der Waals surface area contributed by atoms with Gasteiger partial charge in [0.25, 0.3) is 0 Å². The van der Waals surface area contributed by atoms with E-state index in [0.29, 0.717) is 25.5 Å². The molecule has 0 radical (unpaired) electrons. The second-order valence-corrected chi connectivity index (χ2v) is 6.72. The van der Waals surface area contributed by atoms with Crippen LogP contribution in [0.5, 0.6) is 0 Å². The first-order chi connectivity index (χ1) is 12.0. The Hall–Kier alpha value is -1.68. The molecule has 2 rings (SSSR count). The quantitative estimate of drug-likeness (QED) is 0.357. The van der Waals surface area contributed by atoms with Crippen LogP contribution in [0.15, 0.2) is 46.8 Å². The molecule has 0 aliphatic heterocycles. The predicted molar refractivity (Wildman–Crippen MR) is 116 cm³/mol. The number of halogens is 2. The topological polar surface area (TPSA) is 56.7 Å². The number of likely N-dealkylation sites (N-methyl/N-ethyl adjacent to an activating group) is 1. The highest BCUT2D eigenvalue weighted by Gasteiger charge is 2.05. The van der Waals surface area contributed by atoms with Crippen LogP contribution in [0.3, 0.4) is 0 Å². The molecule has 1 aromatic carbocycles. The first-order valence-corrected chi connectivity index (χ1v) is 8.91. The molecule has 2 aromatic rings. The fraction of sp³-hybridized carbons (Fsp3) is 0.333. The van der Waals surface area contributed by atoms with Crippen LogP contribution in [0.25, 0.3) is 0 Å². The molecular weight excluding hydrogens is 466 g/mol. The van der Waals surface area contributed by atoms with Gasteiger partial charge in [0.15, 0.2) is 5.96 Å². The number of hydrogen-bond donors (Lipinski definition) is 2. The van der Waals surface area contributed by atoms with E-state index in [9.17, 15) is 9.18 Å². The van der Waals surface area contributed by atoms with Crippen molar-refractivity contribution < 1.29 is 9.18 Å². The molecule has 0 aliphatic rings. The summed E-state index contributed by atoms with van der Waals surface area (Å²) in [6.07, 6.45) is 0.666. The Kier molecular flexibility index (Phi) is 10.2. The molecule has 142 valence electrons. The van der Waals surface area contributed by atoms with Crippen molar-refractivity contribution in [3.05, 3.63) is 58.0 Å². The van der Waals surface area contributed by atoms with Gasteiger partial charge in [-0.25, -0.2) is 9.38 Å². The summed E-state index contributed by atoms with van der Waals surface area (Å²) in [4.78, 5) is 18.7. The third kappa shape index (κ3) is 8.13. The summed E-state index contributed by atoms with van der Waals surface area (Å²) in [7, 11) is 3.40. The van der Waals surface area contributed by atoms with E-state index in [2.05, 4.69) is 15.6 Å². The SMILES string of the molecule is CN(C)C(=O)CN=C(NCCc1cccc(F)c1)NCc1cccs1.I. The van der Waals surface area contributed by atoms with E-state index in [0.717, 1.165) is 5.56 Å². The monoisotopic (exact) mass is 490 g/mol. The van der Waals surface area contributed by atoms with Crippen LogP contribution < -0.4 is 10.6 Å². The van der Waals surface area contributed by atoms with Gasteiger partial charge in [0, 0.05) is 25.5 Å². The number of guanidine groups is 1. The van der Waals surface area contributed by atoms with Crippen LogP contribution in [0.1, 0.15) is 10.4 Å². The minimum absolute atomic E-state index is 0. The van der Waals surface area contributed by atoms with E-state index >= 15 is 0 Å². The van der Waals surface area contributed by atoms with Crippen molar-refractivity contribution >= 4 is 47.2 Å². The molecule has 26 heavy (non-hydrogen) atoms. The highest BCUT2D eigenvalue weighted by molar-refractivity contribution is 14.0. The van der Waals surface area contributed by atoms with Crippen molar-refractivity contribution in [2.75, 3.05) is 27.2 Å². The number of nitrogens with one attached hydrogen (secondary N) is 2. The molecule has 2 N–H and O–H groups in total. The highest BCUT2D eigenvalue weighted by atomic mass is 127. The molecule has 0 atom stereocenters. The van der Waals surface area contributed by atoms with Gasteiger partial charge in [-0.1, -0.05) is 18.2 Å². The Morgan fingerprint density at radius 3 is 2.69 bits per heavy atom. The summed E-state index contributed by atoms with van der Waals surface area (Å²) < 4.78 is 13.2. The first-order valence-electron chi connectivity index (χ1n) is 8.04. The maximum atomic E-state index is 13.2. The van der Waals surface area contributed by atoms with Crippen molar-refractivity contribution in [1.29, 1.82) is 0 Å². The summed E-state index contributed by atoms with van der Waals surface area (Å²) in [5, 5.41) is 8.43. The summed E-state index contributed by atoms with van der Waals surface area (Å²) in [5.74, 6) is 0.265. The zero-order chi connectivity index (χ0) is 18.1. The highest BCUT2D eigenvalue weighted by Crippen LogP contribution is 2.07. The number of benzene rings is 1. The predicted octanol–water partition coefficient (Wildman–Crippen LogP) is 2.87. The van der Waals surface area contributed by atoms with Crippen LogP contribution in [-0.4, -0.2) is 44.0 Å². The fourth-order valence-electron chi connectivity index (χ4n) is 2.06. The minimum atomic E-state index is -0.237. The Morgan fingerprint density at radius 1 is 1.23 bits per heavy atom.